The lowest BCUT2D eigenvalue weighted by Gasteiger charge is -2.36. The molecule has 4 heterocycles. The molecule has 0 saturated carbocycles. The number of rotatable bonds is 5. The van der Waals surface area contributed by atoms with Crippen LogP contribution in [0.5, 0.6) is 0 Å². The molecule has 34 heavy (non-hydrogen) atoms. The summed E-state index contributed by atoms with van der Waals surface area (Å²) in [5, 5.41) is 3.02. The summed E-state index contributed by atoms with van der Waals surface area (Å²) in [7, 11) is 1.92. The molecule has 172 valence electrons. The summed E-state index contributed by atoms with van der Waals surface area (Å²) in [6, 6.07) is 11.7. The lowest BCUT2D eigenvalue weighted by molar-refractivity contribution is -0.125. The molecule has 0 spiro atoms. The van der Waals surface area contributed by atoms with E-state index in [9.17, 15) is 4.79 Å². The number of amides is 1. The minimum atomic E-state index is -0.699. The Hall–Kier alpha value is -4.11. The maximum Gasteiger partial charge on any atom is 0.236 e. The summed E-state index contributed by atoms with van der Waals surface area (Å²) in [4.78, 5) is 30.5. The fourth-order valence-electron chi connectivity index (χ4n) is 4.25. The number of hydrogen-bond donors (Lipinski definition) is 2. The van der Waals surface area contributed by atoms with Gasteiger partial charge in [0.1, 0.15) is 5.82 Å². The fourth-order valence-corrected chi connectivity index (χ4v) is 4.25. The first-order valence-corrected chi connectivity index (χ1v) is 11.1. The van der Waals surface area contributed by atoms with E-state index in [2.05, 4.69) is 25.3 Å². The largest absolute Gasteiger partial charge is 0.381 e. The third kappa shape index (κ3) is 4.25. The molecule has 9 heteroatoms. The molecular weight excluding hydrogens is 430 g/mol. The van der Waals surface area contributed by atoms with Crippen molar-refractivity contribution in [1.82, 2.24) is 24.5 Å². The van der Waals surface area contributed by atoms with Gasteiger partial charge in [-0.3, -0.25) is 4.79 Å². The standard InChI is InChI=1S/C25H25N7O2/c1-32-15-21(30-16-32)18-4-7-22(27-12-18)31-23(33)25(8-10-34-11-9-25)20-5-2-17(3-6-20)19-13-28-24(26)29-14-19/h2-7,12-16H,8-11H2,1H3,(H2,26,28,29)(H,27,31,33). The number of pyridine rings is 1. The van der Waals surface area contributed by atoms with E-state index in [0.29, 0.717) is 31.9 Å². The number of ether oxygens (including phenoxy) is 1. The number of carbonyl (C=O) groups excluding carboxylic acids is 1. The molecule has 0 bridgehead atoms. The Morgan fingerprint density at radius 2 is 1.62 bits per heavy atom. The minimum Gasteiger partial charge on any atom is -0.381 e. The minimum absolute atomic E-state index is 0.0857. The lowest BCUT2D eigenvalue weighted by Crippen LogP contribution is -2.45. The summed E-state index contributed by atoms with van der Waals surface area (Å²) in [5.74, 6) is 0.656. The van der Waals surface area contributed by atoms with Gasteiger partial charge in [0, 0.05) is 56.2 Å². The number of benzene rings is 1. The van der Waals surface area contributed by atoms with Crippen LogP contribution in [0.2, 0.25) is 0 Å². The topological polar surface area (TPSA) is 121 Å². The third-order valence-electron chi connectivity index (χ3n) is 6.23. The Morgan fingerprint density at radius 1 is 0.941 bits per heavy atom. The predicted molar refractivity (Wildman–Crippen MR) is 129 cm³/mol. The van der Waals surface area contributed by atoms with E-state index in [1.54, 1.807) is 31.0 Å². The highest BCUT2D eigenvalue weighted by Gasteiger charge is 2.42. The fraction of sp³-hybridized carbons (Fsp3) is 0.240. The maximum absolute atomic E-state index is 13.6. The molecule has 1 fully saturated rings. The number of aryl methyl sites for hydroxylation is 1. The third-order valence-corrected chi connectivity index (χ3v) is 6.23. The van der Waals surface area contributed by atoms with Crippen molar-refractivity contribution in [2.24, 2.45) is 7.05 Å². The second kappa shape index (κ2) is 9.03. The van der Waals surface area contributed by atoms with Crippen molar-refractivity contribution in [3.63, 3.8) is 0 Å². The summed E-state index contributed by atoms with van der Waals surface area (Å²) >= 11 is 0. The van der Waals surface area contributed by atoms with Crippen LogP contribution in [0.25, 0.3) is 22.4 Å². The first-order valence-electron chi connectivity index (χ1n) is 11.1. The highest BCUT2D eigenvalue weighted by atomic mass is 16.5. The molecule has 4 aromatic rings. The molecule has 1 amide bonds. The van der Waals surface area contributed by atoms with E-state index in [4.69, 9.17) is 10.5 Å². The molecule has 0 aliphatic carbocycles. The normalized spacial score (nSPS) is 15.1. The summed E-state index contributed by atoms with van der Waals surface area (Å²) in [5.41, 5.74) is 9.38. The zero-order valence-electron chi connectivity index (χ0n) is 18.8. The van der Waals surface area contributed by atoms with Gasteiger partial charge >= 0.3 is 0 Å². The smallest absolute Gasteiger partial charge is 0.236 e. The molecular formula is C25H25N7O2. The molecule has 1 aromatic carbocycles. The summed E-state index contributed by atoms with van der Waals surface area (Å²) < 4.78 is 7.47. The molecule has 0 radical (unpaired) electrons. The van der Waals surface area contributed by atoms with Gasteiger partial charge in [0.2, 0.25) is 11.9 Å². The Kier molecular flexibility index (Phi) is 5.77. The summed E-state index contributed by atoms with van der Waals surface area (Å²) in [6.07, 6.45) is 9.95. The highest BCUT2D eigenvalue weighted by Crippen LogP contribution is 2.37. The molecule has 5 rings (SSSR count). The average molecular weight is 456 g/mol. The van der Waals surface area contributed by atoms with Crippen molar-refractivity contribution >= 4 is 17.7 Å². The van der Waals surface area contributed by atoms with Gasteiger partial charge in [0.05, 0.1) is 17.4 Å². The van der Waals surface area contributed by atoms with E-state index in [0.717, 1.165) is 27.9 Å². The molecule has 0 atom stereocenters. The number of aromatic nitrogens is 5. The molecule has 0 unspecified atom stereocenters. The highest BCUT2D eigenvalue weighted by molar-refractivity contribution is 5.98. The van der Waals surface area contributed by atoms with Crippen molar-refractivity contribution in [3.05, 3.63) is 73.1 Å². The van der Waals surface area contributed by atoms with Crippen molar-refractivity contribution in [3.8, 4) is 22.4 Å². The van der Waals surface area contributed by atoms with Gasteiger partial charge < -0.3 is 20.4 Å². The van der Waals surface area contributed by atoms with Gasteiger partial charge in [0.15, 0.2) is 0 Å². The van der Waals surface area contributed by atoms with Crippen molar-refractivity contribution < 1.29 is 9.53 Å². The number of anilines is 2. The summed E-state index contributed by atoms with van der Waals surface area (Å²) in [6.45, 7) is 1.04. The number of hydrogen-bond acceptors (Lipinski definition) is 7. The van der Waals surface area contributed by atoms with Crippen LogP contribution in [0.4, 0.5) is 11.8 Å². The number of carbonyl (C=O) groups is 1. The van der Waals surface area contributed by atoms with Crippen molar-refractivity contribution in [2.45, 2.75) is 18.3 Å². The van der Waals surface area contributed by atoms with Crippen LogP contribution in [0.15, 0.2) is 67.5 Å². The number of nitrogens with two attached hydrogens (primary N) is 1. The number of nitrogens with zero attached hydrogens (tertiary/aromatic N) is 5. The quantitative estimate of drug-likeness (QED) is 0.474. The van der Waals surface area contributed by atoms with Gasteiger partial charge in [-0.2, -0.15) is 0 Å². The Bertz CT molecular complexity index is 1280. The van der Waals surface area contributed by atoms with Crippen molar-refractivity contribution in [1.29, 1.82) is 0 Å². The number of imidazole rings is 1. The van der Waals surface area contributed by atoms with E-state index in [-0.39, 0.29) is 11.9 Å². The number of nitrogens with one attached hydrogen (secondary N) is 1. The average Bonchev–Trinajstić information content (AvgIpc) is 3.32. The molecule has 3 aromatic heterocycles. The van der Waals surface area contributed by atoms with E-state index in [1.807, 2.05) is 48.1 Å². The first kappa shape index (κ1) is 21.7. The second-order valence-electron chi connectivity index (χ2n) is 8.41. The predicted octanol–water partition coefficient (Wildman–Crippen LogP) is 3.21. The lowest BCUT2D eigenvalue weighted by atomic mass is 9.73. The van der Waals surface area contributed by atoms with Gasteiger partial charge in [-0.05, 0) is 36.1 Å². The molecule has 1 aliphatic rings. The molecule has 3 N–H and O–H groups in total. The Balaban J connectivity index is 1.38. The van der Waals surface area contributed by atoms with Gasteiger partial charge in [-0.1, -0.05) is 24.3 Å². The van der Waals surface area contributed by atoms with Crippen LogP contribution in [0, 0.1) is 0 Å². The zero-order chi connectivity index (χ0) is 23.5. The van der Waals surface area contributed by atoms with Crippen LogP contribution in [0.3, 0.4) is 0 Å². The first-order chi connectivity index (χ1) is 16.5. The second-order valence-corrected chi connectivity index (χ2v) is 8.41. The van der Waals surface area contributed by atoms with Gasteiger partial charge in [-0.15, -0.1) is 0 Å². The molecule has 1 saturated heterocycles. The molecule has 1 aliphatic heterocycles. The molecule has 9 nitrogen and oxygen atoms in total. The van der Waals surface area contributed by atoms with E-state index in [1.165, 1.54) is 0 Å². The van der Waals surface area contributed by atoms with Crippen molar-refractivity contribution in [2.75, 3.05) is 24.3 Å². The van der Waals surface area contributed by atoms with E-state index >= 15 is 0 Å². The Morgan fingerprint density at radius 3 is 2.24 bits per heavy atom. The maximum atomic E-state index is 13.6. The van der Waals surface area contributed by atoms with Crippen LogP contribution in [0.1, 0.15) is 18.4 Å². The Labute approximate surface area is 197 Å². The monoisotopic (exact) mass is 455 g/mol. The van der Waals surface area contributed by atoms with Crippen LogP contribution >= 0.6 is 0 Å². The van der Waals surface area contributed by atoms with Crippen LogP contribution < -0.4 is 11.1 Å². The van der Waals surface area contributed by atoms with Crippen LogP contribution in [-0.4, -0.2) is 43.6 Å². The van der Waals surface area contributed by atoms with Gasteiger partial charge in [-0.25, -0.2) is 19.9 Å². The number of nitrogen functional groups attached to an aromatic ring is 1. The zero-order valence-corrected chi connectivity index (χ0v) is 18.8. The van der Waals surface area contributed by atoms with E-state index < -0.39 is 5.41 Å². The SMILES string of the molecule is Cn1cnc(-c2ccc(NC(=O)C3(c4ccc(-c5cnc(N)nc5)cc4)CCOCC3)nc2)c1. The van der Waals surface area contributed by atoms with Gasteiger partial charge in [0.25, 0.3) is 0 Å². The van der Waals surface area contributed by atoms with Crippen LogP contribution in [-0.2, 0) is 22.0 Å².